The molecule has 1 rings (SSSR count). The third-order valence-electron chi connectivity index (χ3n) is 3.31. The zero-order chi connectivity index (χ0) is 14.8. The fourth-order valence-corrected chi connectivity index (χ4v) is 1.63. The van der Waals surface area contributed by atoms with Crippen LogP contribution >= 0.6 is 0 Å². The number of benzene rings is 1. The van der Waals surface area contributed by atoms with Gasteiger partial charge in [-0.05, 0) is 24.6 Å². The molecular weight excluding hydrogens is 262 g/mol. The molecule has 0 aliphatic heterocycles. The molecule has 0 bridgehead atoms. The quantitative estimate of drug-likeness (QED) is 0.677. The van der Waals surface area contributed by atoms with Crippen LogP contribution in [0.5, 0.6) is 0 Å². The van der Waals surface area contributed by atoms with Crippen molar-refractivity contribution in [1.82, 2.24) is 0 Å². The summed E-state index contributed by atoms with van der Waals surface area (Å²) in [5.74, 6) is -1.90. The summed E-state index contributed by atoms with van der Waals surface area (Å²) in [5, 5.41) is 0. The number of nitrogens with two attached hydrogens (primary N) is 1. The Morgan fingerprint density at radius 2 is 1.89 bits per heavy atom. The van der Waals surface area contributed by atoms with Gasteiger partial charge in [-0.2, -0.15) is 13.2 Å². The average molecular weight is 277 g/mol. The Kier molecular flexibility index (Phi) is 4.35. The van der Waals surface area contributed by atoms with Gasteiger partial charge in [0.1, 0.15) is 5.82 Å². The zero-order valence-electron chi connectivity index (χ0n) is 10.6. The van der Waals surface area contributed by atoms with E-state index < -0.39 is 28.8 Å². The summed E-state index contributed by atoms with van der Waals surface area (Å²) in [6.07, 6.45) is -4.44. The molecule has 1 atom stereocenters. The van der Waals surface area contributed by atoms with E-state index in [4.69, 9.17) is 5.73 Å². The van der Waals surface area contributed by atoms with E-state index in [1.807, 2.05) is 0 Å². The van der Waals surface area contributed by atoms with E-state index in [2.05, 4.69) is 0 Å². The molecule has 0 radical (unpaired) electrons. The molecule has 2 N–H and O–H groups in total. The molecule has 0 heterocycles. The van der Waals surface area contributed by atoms with E-state index in [1.165, 1.54) is 0 Å². The van der Waals surface area contributed by atoms with Gasteiger partial charge in [0.2, 0.25) is 0 Å². The molecule has 0 aliphatic rings. The van der Waals surface area contributed by atoms with Gasteiger partial charge in [-0.15, -0.1) is 0 Å². The fraction of sp³-hybridized carbons (Fsp3) is 0.462. The van der Waals surface area contributed by atoms with Crippen molar-refractivity contribution in [1.29, 1.82) is 0 Å². The Labute approximate surface area is 108 Å². The lowest BCUT2D eigenvalue weighted by Gasteiger charge is -2.25. The first kappa shape index (κ1) is 15.6. The summed E-state index contributed by atoms with van der Waals surface area (Å²) in [6, 6.07) is 2.25. The number of rotatable bonds is 4. The van der Waals surface area contributed by atoms with Gasteiger partial charge in [-0.3, -0.25) is 4.79 Å². The molecule has 1 aromatic carbocycles. The number of carbonyl (C=O) groups is 1. The summed E-state index contributed by atoms with van der Waals surface area (Å²) in [6.45, 7) is 3.31. The van der Waals surface area contributed by atoms with Crippen molar-refractivity contribution in [3.05, 3.63) is 35.1 Å². The van der Waals surface area contributed by atoms with Gasteiger partial charge in [0.25, 0.3) is 0 Å². The highest BCUT2D eigenvalue weighted by molar-refractivity contribution is 6.00. The summed E-state index contributed by atoms with van der Waals surface area (Å²) in [4.78, 5) is 12.1. The highest BCUT2D eigenvalue weighted by Crippen LogP contribution is 2.33. The first-order valence-corrected chi connectivity index (χ1v) is 5.77. The van der Waals surface area contributed by atoms with Crippen LogP contribution < -0.4 is 5.73 Å². The van der Waals surface area contributed by atoms with E-state index in [0.717, 1.165) is 6.07 Å². The maximum absolute atomic E-state index is 13.1. The van der Waals surface area contributed by atoms with Gasteiger partial charge in [0.05, 0.1) is 5.56 Å². The molecule has 6 heteroatoms. The van der Waals surface area contributed by atoms with Crippen LogP contribution in [0.3, 0.4) is 0 Å². The molecule has 1 aromatic rings. The maximum atomic E-state index is 13.1. The smallest absolute Gasteiger partial charge is 0.329 e. The van der Waals surface area contributed by atoms with Crippen molar-refractivity contribution in [2.75, 3.05) is 6.54 Å². The number of ketones is 1. The van der Waals surface area contributed by atoms with Gasteiger partial charge in [-0.1, -0.05) is 13.8 Å². The van der Waals surface area contributed by atoms with E-state index >= 15 is 0 Å². The SMILES string of the molecule is CCC(C)(CN)C(=O)c1ccc(F)c(C(F)(F)F)c1. The lowest BCUT2D eigenvalue weighted by molar-refractivity contribution is -0.140. The van der Waals surface area contributed by atoms with Gasteiger partial charge in [0.15, 0.2) is 5.78 Å². The van der Waals surface area contributed by atoms with Crippen LogP contribution in [0.4, 0.5) is 17.6 Å². The Balaban J connectivity index is 3.27. The minimum atomic E-state index is -4.83. The van der Waals surface area contributed by atoms with Crippen LogP contribution in [0.15, 0.2) is 18.2 Å². The zero-order valence-corrected chi connectivity index (χ0v) is 10.6. The van der Waals surface area contributed by atoms with Crippen molar-refractivity contribution in [2.24, 2.45) is 11.1 Å². The number of halogens is 4. The van der Waals surface area contributed by atoms with Crippen molar-refractivity contribution < 1.29 is 22.4 Å². The molecule has 0 amide bonds. The van der Waals surface area contributed by atoms with Gasteiger partial charge >= 0.3 is 6.18 Å². The monoisotopic (exact) mass is 277 g/mol. The highest BCUT2D eigenvalue weighted by atomic mass is 19.4. The molecule has 0 aliphatic carbocycles. The Hall–Kier alpha value is -1.43. The number of hydrogen-bond acceptors (Lipinski definition) is 2. The Morgan fingerprint density at radius 1 is 1.32 bits per heavy atom. The van der Waals surface area contributed by atoms with Crippen LogP contribution in [-0.2, 0) is 6.18 Å². The molecule has 0 spiro atoms. The molecule has 0 saturated heterocycles. The second kappa shape index (κ2) is 5.28. The minimum absolute atomic E-state index is 0.0149. The standard InChI is InChI=1S/C13H15F4NO/c1-3-12(2,7-18)11(19)8-4-5-10(14)9(6-8)13(15,16)17/h4-6H,3,7,18H2,1-2H3. The van der Waals surface area contributed by atoms with E-state index in [-0.39, 0.29) is 12.1 Å². The molecule has 0 aromatic heterocycles. The number of alkyl halides is 3. The van der Waals surface area contributed by atoms with Crippen LogP contribution in [0.25, 0.3) is 0 Å². The second-order valence-corrected chi connectivity index (χ2v) is 4.64. The Bertz CT molecular complexity index is 478. The molecule has 0 saturated carbocycles. The summed E-state index contributed by atoms with van der Waals surface area (Å²) >= 11 is 0. The number of Topliss-reactive ketones (excluding diaryl/α,β-unsaturated/α-hetero) is 1. The summed E-state index contributed by atoms with van der Waals surface area (Å²) < 4.78 is 50.9. The first-order chi connectivity index (χ1) is 8.65. The van der Waals surface area contributed by atoms with Crippen LogP contribution in [0.2, 0.25) is 0 Å². The van der Waals surface area contributed by atoms with Gasteiger partial charge in [-0.25, -0.2) is 4.39 Å². The molecule has 0 fully saturated rings. The second-order valence-electron chi connectivity index (χ2n) is 4.64. The average Bonchev–Trinajstić information content (AvgIpc) is 2.36. The van der Waals surface area contributed by atoms with Crippen molar-refractivity contribution in [3.63, 3.8) is 0 Å². The van der Waals surface area contributed by atoms with Crippen molar-refractivity contribution >= 4 is 5.78 Å². The Morgan fingerprint density at radius 3 is 2.32 bits per heavy atom. The number of carbonyl (C=O) groups excluding carboxylic acids is 1. The molecule has 1 unspecified atom stereocenters. The minimum Gasteiger partial charge on any atom is -0.329 e. The van der Waals surface area contributed by atoms with Crippen LogP contribution in [0.1, 0.15) is 36.2 Å². The van der Waals surface area contributed by atoms with Gasteiger partial charge in [0, 0.05) is 17.5 Å². The third kappa shape index (κ3) is 3.12. The van der Waals surface area contributed by atoms with Crippen LogP contribution in [0, 0.1) is 11.2 Å². The molecule has 19 heavy (non-hydrogen) atoms. The van der Waals surface area contributed by atoms with Crippen LogP contribution in [-0.4, -0.2) is 12.3 Å². The lowest BCUT2D eigenvalue weighted by Crippen LogP contribution is -2.35. The fourth-order valence-electron chi connectivity index (χ4n) is 1.63. The van der Waals surface area contributed by atoms with E-state index in [1.54, 1.807) is 13.8 Å². The topological polar surface area (TPSA) is 43.1 Å². The lowest BCUT2D eigenvalue weighted by atomic mass is 9.79. The molecular formula is C13H15F4NO. The van der Waals surface area contributed by atoms with Gasteiger partial charge < -0.3 is 5.73 Å². The first-order valence-electron chi connectivity index (χ1n) is 5.77. The molecule has 2 nitrogen and oxygen atoms in total. The van der Waals surface area contributed by atoms with E-state index in [9.17, 15) is 22.4 Å². The molecule has 106 valence electrons. The number of hydrogen-bond donors (Lipinski definition) is 1. The van der Waals surface area contributed by atoms with E-state index in [0.29, 0.717) is 18.6 Å². The predicted octanol–water partition coefficient (Wildman–Crippen LogP) is 3.40. The largest absolute Gasteiger partial charge is 0.419 e. The normalized spacial score (nSPS) is 15.1. The highest BCUT2D eigenvalue weighted by Gasteiger charge is 2.36. The summed E-state index contributed by atoms with van der Waals surface area (Å²) in [5.41, 5.74) is 2.94. The maximum Gasteiger partial charge on any atom is 0.419 e. The van der Waals surface area contributed by atoms with Crippen molar-refractivity contribution in [2.45, 2.75) is 26.4 Å². The van der Waals surface area contributed by atoms with Crippen molar-refractivity contribution in [3.8, 4) is 0 Å². The third-order valence-corrected chi connectivity index (χ3v) is 3.31. The predicted molar refractivity (Wildman–Crippen MR) is 63.2 cm³/mol. The summed E-state index contributed by atoms with van der Waals surface area (Å²) in [7, 11) is 0.